The van der Waals surface area contributed by atoms with Crippen molar-refractivity contribution in [1.82, 2.24) is 0 Å². The van der Waals surface area contributed by atoms with Gasteiger partial charge in [0.1, 0.15) is 5.76 Å². The number of hydrogen-bond acceptors (Lipinski definition) is 2. The smallest absolute Gasteiger partial charge is 0.150 e. The first-order valence-electron chi connectivity index (χ1n) is 4.38. The molecule has 0 fully saturated rings. The summed E-state index contributed by atoms with van der Waals surface area (Å²) in [6.45, 7) is 7.39. The molecule has 1 aromatic carbocycles. The molecule has 2 nitrogen and oxygen atoms in total. The molecule has 1 aliphatic rings. The van der Waals surface area contributed by atoms with Crippen molar-refractivity contribution in [2.75, 3.05) is 5.32 Å². The highest BCUT2D eigenvalue weighted by atomic mass is 16.5. The molecule has 0 saturated carbocycles. The zero-order valence-electron chi connectivity index (χ0n) is 7.79. The van der Waals surface area contributed by atoms with Crippen molar-refractivity contribution < 1.29 is 4.74 Å². The van der Waals surface area contributed by atoms with Crippen molar-refractivity contribution in [3.63, 3.8) is 0 Å². The third-order valence-corrected chi connectivity index (χ3v) is 2.03. The van der Waals surface area contributed by atoms with Gasteiger partial charge < -0.3 is 10.1 Å². The Morgan fingerprint density at radius 1 is 1.14 bits per heavy atom. The lowest BCUT2D eigenvalue weighted by Crippen LogP contribution is -2.11. The Kier molecular flexibility index (Phi) is 2.11. The van der Waals surface area contributed by atoms with Crippen LogP contribution in [0.2, 0.25) is 0 Å². The van der Waals surface area contributed by atoms with Crippen LogP contribution in [0.3, 0.4) is 0 Å². The van der Waals surface area contributed by atoms with Gasteiger partial charge in [0.25, 0.3) is 0 Å². The molecule has 0 spiro atoms. The van der Waals surface area contributed by atoms with Crippen LogP contribution in [0.1, 0.15) is 0 Å². The molecule has 1 N–H and O–H groups in total. The third kappa shape index (κ3) is 1.31. The van der Waals surface area contributed by atoms with Crippen molar-refractivity contribution in [2.45, 2.75) is 0 Å². The minimum absolute atomic E-state index is 0.707. The van der Waals surface area contributed by atoms with Crippen molar-refractivity contribution in [3.05, 3.63) is 61.0 Å². The highest BCUT2D eigenvalue weighted by Gasteiger charge is 2.14. The summed E-state index contributed by atoms with van der Waals surface area (Å²) in [5, 5.41) is 3.21. The van der Waals surface area contributed by atoms with E-state index in [0.29, 0.717) is 5.76 Å². The van der Waals surface area contributed by atoms with E-state index in [1.165, 1.54) is 0 Å². The zero-order chi connectivity index (χ0) is 9.97. The molecule has 0 bridgehead atoms. The minimum Gasteiger partial charge on any atom is -0.453 e. The Labute approximate surface area is 83.2 Å². The van der Waals surface area contributed by atoms with Crippen molar-refractivity contribution >= 4 is 5.69 Å². The number of ether oxygens (including phenoxy) is 1. The summed E-state index contributed by atoms with van der Waals surface area (Å²) < 4.78 is 5.61. The van der Waals surface area contributed by atoms with Gasteiger partial charge in [-0.05, 0) is 24.3 Å². The molecule has 0 radical (unpaired) electrons. The number of hydrogen-bond donors (Lipinski definition) is 1. The van der Waals surface area contributed by atoms with Crippen LogP contribution in [-0.4, -0.2) is 0 Å². The number of anilines is 1. The number of rotatable bonds is 2. The number of allylic oxidation sites excluding steroid dienone is 2. The van der Waals surface area contributed by atoms with Gasteiger partial charge in [0.2, 0.25) is 0 Å². The Hall–Kier alpha value is -1.96. The molecule has 0 amide bonds. The molecule has 70 valence electrons. The number of fused-ring (bicyclic) bond motifs is 1. The summed E-state index contributed by atoms with van der Waals surface area (Å²) in [7, 11) is 0. The largest absolute Gasteiger partial charge is 0.453 e. The van der Waals surface area contributed by atoms with Crippen LogP contribution in [-0.2, 0) is 0 Å². The predicted octanol–water partition coefficient (Wildman–Crippen LogP) is 3.07. The summed E-state index contributed by atoms with van der Waals surface area (Å²) in [5.41, 5.74) is 1.80. The molecule has 1 heterocycles. The molecule has 14 heavy (non-hydrogen) atoms. The lowest BCUT2D eigenvalue weighted by atomic mass is 10.2. The molecular formula is C12H11NO. The maximum atomic E-state index is 5.61. The quantitative estimate of drug-likeness (QED) is 0.764. The van der Waals surface area contributed by atoms with E-state index in [-0.39, 0.29) is 0 Å². The molecular weight excluding hydrogens is 174 g/mol. The van der Waals surface area contributed by atoms with Crippen LogP contribution in [0.15, 0.2) is 61.0 Å². The Balaban J connectivity index is 2.45. The van der Waals surface area contributed by atoms with Crippen molar-refractivity contribution in [3.8, 4) is 5.75 Å². The number of benzene rings is 1. The molecule has 0 aromatic heterocycles. The van der Waals surface area contributed by atoms with E-state index in [9.17, 15) is 0 Å². The average molecular weight is 185 g/mol. The molecule has 1 aliphatic heterocycles. The fraction of sp³-hybridized carbons (Fsp3) is 0. The fourth-order valence-electron chi connectivity index (χ4n) is 1.34. The first-order chi connectivity index (χ1) is 6.85. The second kappa shape index (κ2) is 3.42. The van der Waals surface area contributed by atoms with Crippen LogP contribution < -0.4 is 10.1 Å². The van der Waals surface area contributed by atoms with Crippen LogP contribution >= 0.6 is 0 Å². The van der Waals surface area contributed by atoms with Gasteiger partial charge in [-0.1, -0.05) is 25.3 Å². The number of para-hydroxylation sites is 2. The summed E-state index contributed by atoms with van der Waals surface area (Å²) in [6, 6.07) is 7.75. The SMILES string of the molecule is C=CC1=C(C=C)Oc2ccccc2N1. The maximum Gasteiger partial charge on any atom is 0.150 e. The van der Waals surface area contributed by atoms with Crippen LogP contribution in [0.25, 0.3) is 0 Å². The monoisotopic (exact) mass is 185 g/mol. The summed E-state index contributed by atoms with van der Waals surface area (Å²) >= 11 is 0. The Morgan fingerprint density at radius 3 is 2.64 bits per heavy atom. The second-order valence-corrected chi connectivity index (χ2v) is 2.91. The van der Waals surface area contributed by atoms with E-state index in [4.69, 9.17) is 4.74 Å². The molecule has 0 saturated heterocycles. The lowest BCUT2D eigenvalue weighted by molar-refractivity contribution is 0.436. The standard InChI is InChI=1S/C12H11NO/c1-3-9-11(4-2)14-12-8-6-5-7-10(12)13-9/h3-8,13H,1-2H2. The molecule has 2 rings (SSSR count). The zero-order valence-corrected chi connectivity index (χ0v) is 7.79. The fourth-order valence-corrected chi connectivity index (χ4v) is 1.34. The normalized spacial score (nSPS) is 13.7. The highest BCUT2D eigenvalue weighted by molar-refractivity contribution is 5.64. The third-order valence-electron chi connectivity index (χ3n) is 2.03. The van der Waals surface area contributed by atoms with E-state index in [0.717, 1.165) is 17.1 Å². The minimum atomic E-state index is 0.707. The van der Waals surface area contributed by atoms with Crippen LogP contribution in [0, 0.1) is 0 Å². The maximum absolute atomic E-state index is 5.61. The summed E-state index contributed by atoms with van der Waals surface area (Å²) in [5.74, 6) is 1.52. The lowest BCUT2D eigenvalue weighted by Gasteiger charge is -2.21. The van der Waals surface area contributed by atoms with Gasteiger partial charge >= 0.3 is 0 Å². The van der Waals surface area contributed by atoms with Gasteiger partial charge in [0, 0.05) is 0 Å². The highest BCUT2D eigenvalue weighted by Crippen LogP contribution is 2.32. The molecule has 0 atom stereocenters. The van der Waals surface area contributed by atoms with E-state index in [1.807, 2.05) is 24.3 Å². The van der Waals surface area contributed by atoms with Gasteiger partial charge in [-0.25, -0.2) is 0 Å². The van der Waals surface area contributed by atoms with Crippen molar-refractivity contribution in [2.24, 2.45) is 0 Å². The van der Waals surface area contributed by atoms with Crippen molar-refractivity contribution in [1.29, 1.82) is 0 Å². The van der Waals surface area contributed by atoms with E-state index < -0.39 is 0 Å². The van der Waals surface area contributed by atoms with Gasteiger partial charge in [-0.2, -0.15) is 0 Å². The number of nitrogens with one attached hydrogen (secondary N) is 1. The first kappa shape index (κ1) is 8.63. The van der Waals surface area contributed by atoms with Gasteiger partial charge in [-0.3, -0.25) is 0 Å². The van der Waals surface area contributed by atoms with Gasteiger partial charge in [0.05, 0.1) is 11.4 Å². The predicted molar refractivity (Wildman–Crippen MR) is 58.1 cm³/mol. The van der Waals surface area contributed by atoms with Crippen LogP contribution in [0.5, 0.6) is 5.75 Å². The topological polar surface area (TPSA) is 21.3 Å². The summed E-state index contributed by atoms with van der Waals surface area (Å²) in [4.78, 5) is 0. The van der Waals surface area contributed by atoms with E-state index in [2.05, 4.69) is 18.5 Å². The van der Waals surface area contributed by atoms with Gasteiger partial charge in [0.15, 0.2) is 5.75 Å². The first-order valence-corrected chi connectivity index (χ1v) is 4.38. The Bertz CT molecular complexity index is 379. The van der Waals surface area contributed by atoms with E-state index in [1.54, 1.807) is 12.2 Å². The molecule has 2 heteroatoms. The average Bonchev–Trinajstić information content (AvgIpc) is 2.27. The second-order valence-electron chi connectivity index (χ2n) is 2.91. The Morgan fingerprint density at radius 2 is 1.93 bits per heavy atom. The molecule has 0 aliphatic carbocycles. The van der Waals surface area contributed by atoms with E-state index >= 15 is 0 Å². The van der Waals surface area contributed by atoms with Crippen LogP contribution in [0.4, 0.5) is 5.69 Å². The molecule has 0 unspecified atom stereocenters. The summed E-state index contributed by atoms with van der Waals surface area (Å²) in [6.07, 6.45) is 3.38. The van der Waals surface area contributed by atoms with Gasteiger partial charge in [-0.15, -0.1) is 0 Å². The molecule has 1 aromatic rings.